The SMILES string of the molecule is CC1=CC=NC2=NCCN12. The van der Waals surface area contributed by atoms with Crippen LogP contribution in [-0.2, 0) is 0 Å². The lowest BCUT2D eigenvalue weighted by Crippen LogP contribution is -2.26. The Balaban J connectivity index is 2.36. The largest absolute Gasteiger partial charge is 0.313 e. The third-order valence-corrected chi connectivity index (χ3v) is 1.75. The molecule has 3 nitrogen and oxygen atoms in total. The van der Waals surface area contributed by atoms with Gasteiger partial charge < -0.3 is 4.90 Å². The van der Waals surface area contributed by atoms with E-state index in [0.717, 1.165) is 19.0 Å². The third-order valence-electron chi connectivity index (χ3n) is 1.75. The van der Waals surface area contributed by atoms with E-state index in [9.17, 15) is 0 Å². The molecule has 0 aromatic carbocycles. The first-order valence-electron chi connectivity index (χ1n) is 3.41. The highest BCUT2D eigenvalue weighted by Crippen LogP contribution is 2.12. The number of fused-ring (bicyclic) bond motifs is 1. The lowest BCUT2D eigenvalue weighted by Gasteiger charge is -2.19. The van der Waals surface area contributed by atoms with Crippen LogP contribution in [0.25, 0.3) is 0 Å². The highest BCUT2D eigenvalue weighted by Gasteiger charge is 2.18. The van der Waals surface area contributed by atoms with Gasteiger partial charge in [-0.2, -0.15) is 0 Å². The molecule has 0 fully saturated rings. The minimum absolute atomic E-state index is 0.875. The molecule has 2 aliphatic rings. The van der Waals surface area contributed by atoms with E-state index >= 15 is 0 Å². The maximum absolute atomic E-state index is 4.21. The van der Waals surface area contributed by atoms with Crippen molar-refractivity contribution < 1.29 is 0 Å². The maximum atomic E-state index is 4.21. The van der Waals surface area contributed by atoms with E-state index in [4.69, 9.17) is 0 Å². The van der Waals surface area contributed by atoms with Gasteiger partial charge in [-0.1, -0.05) is 0 Å². The van der Waals surface area contributed by atoms with Crippen molar-refractivity contribution in [2.24, 2.45) is 9.98 Å². The molecule has 0 bridgehead atoms. The molecular weight excluding hydrogens is 126 g/mol. The Morgan fingerprint density at radius 3 is 3.30 bits per heavy atom. The number of aliphatic imine (C=N–C) groups is 2. The molecular formula is C7H9N3. The van der Waals surface area contributed by atoms with Crippen LogP contribution in [0.15, 0.2) is 21.8 Å². The van der Waals surface area contributed by atoms with Crippen LogP contribution in [0.4, 0.5) is 0 Å². The van der Waals surface area contributed by atoms with Gasteiger partial charge in [-0.05, 0) is 13.0 Å². The molecule has 0 saturated carbocycles. The zero-order chi connectivity index (χ0) is 6.97. The number of hydrogen-bond donors (Lipinski definition) is 0. The normalized spacial score (nSPS) is 22.3. The molecule has 0 unspecified atom stereocenters. The molecule has 0 amide bonds. The number of rotatable bonds is 0. The third kappa shape index (κ3) is 0.667. The average Bonchev–Trinajstić information content (AvgIpc) is 2.36. The number of allylic oxidation sites excluding steroid dienone is 2. The fraction of sp³-hybridized carbons (Fsp3) is 0.429. The lowest BCUT2D eigenvalue weighted by atomic mass is 10.3. The van der Waals surface area contributed by atoms with Gasteiger partial charge >= 0.3 is 0 Å². The van der Waals surface area contributed by atoms with Crippen molar-refractivity contribution in [3.63, 3.8) is 0 Å². The summed E-state index contributed by atoms with van der Waals surface area (Å²) in [5, 5.41) is 0. The van der Waals surface area contributed by atoms with Crippen molar-refractivity contribution >= 4 is 12.2 Å². The van der Waals surface area contributed by atoms with Crippen molar-refractivity contribution in [2.75, 3.05) is 13.1 Å². The second-order valence-electron chi connectivity index (χ2n) is 2.42. The Morgan fingerprint density at radius 2 is 2.50 bits per heavy atom. The highest BCUT2D eigenvalue weighted by atomic mass is 15.3. The Labute approximate surface area is 59.8 Å². The van der Waals surface area contributed by atoms with Crippen molar-refractivity contribution in [1.82, 2.24) is 4.90 Å². The summed E-state index contributed by atoms with van der Waals surface area (Å²) in [4.78, 5) is 10.5. The topological polar surface area (TPSA) is 28.0 Å². The first kappa shape index (κ1) is 5.65. The van der Waals surface area contributed by atoms with E-state index in [1.165, 1.54) is 5.70 Å². The van der Waals surface area contributed by atoms with Crippen LogP contribution in [0, 0.1) is 0 Å². The van der Waals surface area contributed by atoms with Gasteiger partial charge in [0.2, 0.25) is 5.96 Å². The van der Waals surface area contributed by atoms with Crippen LogP contribution in [0.5, 0.6) is 0 Å². The van der Waals surface area contributed by atoms with E-state index in [1.54, 1.807) is 6.21 Å². The molecule has 0 N–H and O–H groups in total. The quantitative estimate of drug-likeness (QED) is 0.479. The van der Waals surface area contributed by atoms with E-state index in [-0.39, 0.29) is 0 Å². The fourth-order valence-corrected chi connectivity index (χ4v) is 1.18. The van der Waals surface area contributed by atoms with Crippen molar-refractivity contribution in [3.8, 4) is 0 Å². The first-order chi connectivity index (χ1) is 4.88. The van der Waals surface area contributed by atoms with Gasteiger partial charge in [0.05, 0.1) is 6.54 Å². The van der Waals surface area contributed by atoms with Gasteiger partial charge in [0, 0.05) is 18.5 Å². The zero-order valence-electron chi connectivity index (χ0n) is 5.91. The van der Waals surface area contributed by atoms with E-state index in [2.05, 4.69) is 21.8 Å². The lowest BCUT2D eigenvalue weighted by molar-refractivity contribution is 0.556. The van der Waals surface area contributed by atoms with Gasteiger partial charge in [-0.15, -0.1) is 0 Å². The average molecular weight is 135 g/mol. The van der Waals surface area contributed by atoms with Crippen molar-refractivity contribution in [2.45, 2.75) is 6.92 Å². The van der Waals surface area contributed by atoms with Crippen LogP contribution < -0.4 is 0 Å². The molecule has 2 heterocycles. The van der Waals surface area contributed by atoms with Gasteiger partial charge in [0.1, 0.15) is 0 Å². The van der Waals surface area contributed by atoms with Crippen LogP contribution >= 0.6 is 0 Å². The van der Waals surface area contributed by atoms with Crippen LogP contribution in [-0.4, -0.2) is 30.2 Å². The smallest absolute Gasteiger partial charge is 0.225 e. The second kappa shape index (κ2) is 1.94. The molecule has 52 valence electrons. The predicted octanol–water partition coefficient (Wildman–Crippen LogP) is 0.646. The zero-order valence-corrected chi connectivity index (χ0v) is 5.91. The van der Waals surface area contributed by atoms with Crippen LogP contribution in [0.2, 0.25) is 0 Å². The van der Waals surface area contributed by atoms with Crippen molar-refractivity contribution in [1.29, 1.82) is 0 Å². The van der Waals surface area contributed by atoms with Gasteiger partial charge in [0.25, 0.3) is 0 Å². The predicted molar refractivity (Wildman–Crippen MR) is 41.3 cm³/mol. The summed E-state index contributed by atoms with van der Waals surface area (Å²) >= 11 is 0. The molecule has 0 aromatic heterocycles. The summed E-state index contributed by atoms with van der Waals surface area (Å²) in [6.07, 6.45) is 3.81. The fourth-order valence-electron chi connectivity index (χ4n) is 1.18. The second-order valence-corrected chi connectivity index (χ2v) is 2.42. The molecule has 0 saturated heterocycles. The van der Waals surface area contributed by atoms with Gasteiger partial charge in [-0.25, -0.2) is 9.98 Å². The summed E-state index contributed by atoms with van der Waals surface area (Å²) in [6, 6.07) is 0. The van der Waals surface area contributed by atoms with Gasteiger partial charge in [0.15, 0.2) is 0 Å². The molecule has 2 aliphatic heterocycles. The monoisotopic (exact) mass is 135 g/mol. The molecule has 2 rings (SSSR count). The van der Waals surface area contributed by atoms with E-state index < -0.39 is 0 Å². The molecule has 0 aromatic rings. The summed E-state index contributed by atoms with van der Waals surface area (Å²) in [6.45, 7) is 3.96. The first-order valence-corrected chi connectivity index (χ1v) is 3.41. The molecule has 0 radical (unpaired) electrons. The number of hydrogen-bond acceptors (Lipinski definition) is 3. The minimum Gasteiger partial charge on any atom is -0.313 e. The Morgan fingerprint density at radius 1 is 1.60 bits per heavy atom. The summed E-state index contributed by atoms with van der Waals surface area (Å²) in [7, 11) is 0. The summed E-state index contributed by atoms with van der Waals surface area (Å²) in [5.74, 6) is 0.875. The summed E-state index contributed by atoms with van der Waals surface area (Å²) in [5.41, 5.74) is 1.24. The number of guanidine groups is 1. The molecule has 0 atom stereocenters. The van der Waals surface area contributed by atoms with Crippen molar-refractivity contribution in [3.05, 3.63) is 11.8 Å². The Kier molecular flexibility index (Phi) is 1.09. The van der Waals surface area contributed by atoms with E-state index in [1.807, 2.05) is 6.08 Å². The summed E-state index contributed by atoms with van der Waals surface area (Å²) < 4.78 is 0. The standard InChI is InChI=1S/C7H9N3/c1-6-2-3-8-7-9-4-5-10(6)7/h2-3H,4-5H2,1H3. The molecule has 0 aliphatic carbocycles. The van der Waals surface area contributed by atoms with Crippen LogP contribution in [0.3, 0.4) is 0 Å². The number of nitrogens with zero attached hydrogens (tertiary/aromatic N) is 3. The van der Waals surface area contributed by atoms with Crippen LogP contribution in [0.1, 0.15) is 6.92 Å². The molecule has 10 heavy (non-hydrogen) atoms. The maximum Gasteiger partial charge on any atom is 0.225 e. The van der Waals surface area contributed by atoms with E-state index in [0.29, 0.717) is 0 Å². The molecule has 0 spiro atoms. The minimum atomic E-state index is 0.875. The Bertz CT molecular complexity index is 237. The highest BCUT2D eigenvalue weighted by molar-refractivity contribution is 5.95. The van der Waals surface area contributed by atoms with Gasteiger partial charge in [-0.3, -0.25) is 0 Å². The molecule has 3 heteroatoms. The Hall–Kier alpha value is -1.12.